The summed E-state index contributed by atoms with van der Waals surface area (Å²) >= 11 is 4.03. The van der Waals surface area contributed by atoms with Gasteiger partial charge in [0, 0.05) is 54.4 Å². The van der Waals surface area contributed by atoms with Crippen molar-refractivity contribution in [3.05, 3.63) is 69.4 Å². The summed E-state index contributed by atoms with van der Waals surface area (Å²) in [7, 11) is 0. The van der Waals surface area contributed by atoms with Gasteiger partial charge in [-0.1, -0.05) is 42.3 Å². The van der Waals surface area contributed by atoms with Gasteiger partial charge in [-0.3, -0.25) is 9.78 Å². The van der Waals surface area contributed by atoms with E-state index < -0.39 is 5.41 Å². The SMILES string of the molecule is CSN1CCN(C(=O)c2cnc3ccccc3c2N2CCC(C#N)(c3ccc(I)cc3)CC2)CC1. The highest BCUT2D eigenvalue weighted by Gasteiger charge is 2.38. The molecule has 5 rings (SSSR count). The summed E-state index contributed by atoms with van der Waals surface area (Å²) in [6.07, 6.45) is 5.28. The molecule has 1 amide bonds. The Morgan fingerprint density at radius 2 is 1.71 bits per heavy atom. The number of benzene rings is 2. The molecule has 1 aromatic heterocycles. The molecule has 0 atom stereocenters. The average Bonchev–Trinajstić information content (AvgIpc) is 2.92. The number of hydrogen-bond donors (Lipinski definition) is 0. The van der Waals surface area contributed by atoms with Gasteiger partial charge in [0.15, 0.2) is 0 Å². The molecule has 6 nitrogen and oxygen atoms in total. The number of nitriles is 1. The van der Waals surface area contributed by atoms with Crippen LogP contribution in [0.15, 0.2) is 54.7 Å². The van der Waals surface area contributed by atoms with Crippen molar-refractivity contribution in [2.75, 3.05) is 50.4 Å². The summed E-state index contributed by atoms with van der Waals surface area (Å²) in [5, 5.41) is 11.2. The minimum atomic E-state index is -0.498. The topological polar surface area (TPSA) is 63.5 Å². The van der Waals surface area contributed by atoms with Crippen molar-refractivity contribution in [1.29, 1.82) is 5.26 Å². The average molecular weight is 598 g/mol. The van der Waals surface area contributed by atoms with Crippen LogP contribution in [0.1, 0.15) is 28.8 Å². The zero-order chi connectivity index (χ0) is 24.4. The van der Waals surface area contributed by atoms with E-state index >= 15 is 0 Å². The first kappa shape index (κ1) is 24.3. The quantitative estimate of drug-likeness (QED) is 0.314. The molecule has 0 saturated carbocycles. The second-order valence-electron chi connectivity index (χ2n) is 9.13. The Bertz CT molecular complexity index is 1260. The molecule has 0 unspecified atom stereocenters. The van der Waals surface area contributed by atoms with Crippen LogP contribution in [0.25, 0.3) is 10.9 Å². The van der Waals surface area contributed by atoms with Crippen LogP contribution in [-0.2, 0) is 5.41 Å². The normalized spacial score (nSPS) is 18.4. The van der Waals surface area contributed by atoms with Crippen LogP contribution >= 0.6 is 34.5 Å². The third-order valence-electron chi connectivity index (χ3n) is 7.31. The van der Waals surface area contributed by atoms with Gasteiger partial charge in [-0.25, -0.2) is 4.31 Å². The lowest BCUT2D eigenvalue weighted by Gasteiger charge is -2.40. The number of carbonyl (C=O) groups is 1. The van der Waals surface area contributed by atoms with Gasteiger partial charge in [-0.15, -0.1) is 0 Å². The molecule has 0 spiro atoms. The van der Waals surface area contributed by atoms with E-state index in [9.17, 15) is 10.1 Å². The van der Waals surface area contributed by atoms with Crippen LogP contribution in [0.3, 0.4) is 0 Å². The molecule has 3 heterocycles. The van der Waals surface area contributed by atoms with Gasteiger partial charge >= 0.3 is 0 Å². The zero-order valence-corrected chi connectivity index (χ0v) is 22.8. The fourth-order valence-electron chi connectivity index (χ4n) is 5.21. The Kier molecular flexibility index (Phi) is 7.19. The molecule has 0 radical (unpaired) electrons. The molecule has 3 aromatic rings. The van der Waals surface area contributed by atoms with Gasteiger partial charge in [0.25, 0.3) is 5.91 Å². The van der Waals surface area contributed by atoms with E-state index in [1.54, 1.807) is 18.1 Å². The number of aromatic nitrogens is 1. The van der Waals surface area contributed by atoms with E-state index in [0.717, 1.165) is 61.2 Å². The second-order valence-corrected chi connectivity index (χ2v) is 11.3. The van der Waals surface area contributed by atoms with Crippen LogP contribution in [0, 0.1) is 14.9 Å². The van der Waals surface area contributed by atoms with Crippen LogP contribution in [0.4, 0.5) is 5.69 Å². The Morgan fingerprint density at radius 3 is 2.37 bits per heavy atom. The van der Waals surface area contributed by atoms with E-state index in [1.807, 2.05) is 23.1 Å². The Morgan fingerprint density at radius 1 is 1.03 bits per heavy atom. The summed E-state index contributed by atoms with van der Waals surface area (Å²) in [5.74, 6) is 0.0498. The first-order valence-electron chi connectivity index (χ1n) is 11.9. The number of halogens is 1. The van der Waals surface area contributed by atoms with Crippen molar-refractivity contribution in [3.8, 4) is 6.07 Å². The van der Waals surface area contributed by atoms with E-state index in [4.69, 9.17) is 0 Å². The van der Waals surface area contributed by atoms with Gasteiger partial charge in [-0.2, -0.15) is 5.26 Å². The van der Waals surface area contributed by atoms with Crippen LogP contribution in [0.5, 0.6) is 0 Å². The molecular formula is C27H28IN5OS. The number of piperidine rings is 1. The molecule has 2 saturated heterocycles. The number of anilines is 1. The fraction of sp³-hybridized carbons (Fsp3) is 0.370. The third-order valence-corrected chi connectivity index (χ3v) is 8.91. The van der Waals surface area contributed by atoms with E-state index in [0.29, 0.717) is 18.7 Å². The molecule has 0 bridgehead atoms. The number of carbonyl (C=O) groups excluding carboxylic acids is 1. The molecule has 2 aliphatic rings. The highest BCUT2D eigenvalue weighted by molar-refractivity contribution is 14.1. The van der Waals surface area contributed by atoms with Crippen LogP contribution < -0.4 is 4.90 Å². The molecule has 8 heteroatoms. The zero-order valence-electron chi connectivity index (χ0n) is 19.8. The van der Waals surface area contributed by atoms with Gasteiger partial charge < -0.3 is 9.80 Å². The Balaban J connectivity index is 1.46. The maximum atomic E-state index is 13.7. The second kappa shape index (κ2) is 10.3. The predicted molar refractivity (Wildman–Crippen MR) is 151 cm³/mol. The maximum absolute atomic E-state index is 13.7. The number of amides is 1. The van der Waals surface area contributed by atoms with Crippen LogP contribution in [-0.4, -0.2) is 65.6 Å². The lowest BCUT2D eigenvalue weighted by Crippen LogP contribution is -2.47. The van der Waals surface area contributed by atoms with Gasteiger partial charge in [0.2, 0.25) is 0 Å². The number of rotatable bonds is 4. The lowest BCUT2D eigenvalue weighted by atomic mass is 9.74. The molecule has 2 fully saturated rings. The first-order chi connectivity index (χ1) is 17.0. The lowest BCUT2D eigenvalue weighted by molar-refractivity contribution is 0.0704. The fourth-order valence-corrected chi connectivity index (χ4v) is 6.10. The summed E-state index contributed by atoms with van der Waals surface area (Å²) in [5.41, 5.74) is 3.10. The number of para-hydroxylation sites is 1. The summed E-state index contributed by atoms with van der Waals surface area (Å²) in [6.45, 7) is 4.61. The van der Waals surface area contributed by atoms with E-state index in [1.165, 1.54) is 3.57 Å². The van der Waals surface area contributed by atoms with Crippen molar-refractivity contribution >= 4 is 57.0 Å². The van der Waals surface area contributed by atoms with E-state index in [2.05, 4.69) is 79.4 Å². The Hall–Kier alpha value is -2.35. The molecule has 2 aliphatic heterocycles. The van der Waals surface area contributed by atoms with Gasteiger partial charge in [0.05, 0.1) is 28.3 Å². The van der Waals surface area contributed by atoms with Crippen molar-refractivity contribution in [2.45, 2.75) is 18.3 Å². The highest BCUT2D eigenvalue weighted by atomic mass is 127. The molecule has 2 aromatic carbocycles. The van der Waals surface area contributed by atoms with Crippen molar-refractivity contribution in [1.82, 2.24) is 14.2 Å². The number of hydrogen-bond acceptors (Lipinski definition) is 6. The van der Waals surface area contributed by atoms with E-state index in [-0.39, 0.29) is 5.91 Å². The first-order valence-corrected chi connectivity index (χ1v) is 14.2. The monoisotopic (exact) mass is 597 g/mol. The summed E-state index contributed by atoms with van der Waals surface area (Å²) in [6, 6.07) is 19.0. The Labute approximate surface area is 224 Å². The van der Waals surface area contributed by atoms with Gasteiger partial charge in [0.1, 0.15) is 0 Å². The molecular weight excluding hydrogens is 569 g/mol. The number of nitrogens with zero attached hydrogens (tertiary/aromatic N) is 5. The maximum Gasteiger partial charge on any atom is 0.257 e. The standard InChI is InChI=1S/C27H28IN5OS/c1-35-33-16-14-32(15-17-33)26(34)23-18-30-24-5-3-2-4-22(24)25(23)31-12-10-27(19-29,11-13-31)20-6-8-21(28)9-7-20/h2-9,18H,10-17H2,1H3. The van der Waals surface area contributed by atoms with Crippen LogP contribution in [0.2, 0.25) is 0 Å². The number of pyridine rings is 1. The van der Waals surface area contributed by atoms with Gasteiger partial charge in [-0.05, 0) is 65.5 Å². The van der Waals surface area contributed by atoms with Crippen molar-refractivity contribution in [2.24, 2.45) is 0 Å². The molecule has 180 valence electrons. The molecule has 0 aliphatic carbocycles. The number of fused-ring (bicyclic) bond motifs is 1. The molecule has 35 heavy (non-hydrogen) atoms. The molecule has 0 N–H and O–H groups in total. The van der Waals surface area contributed by atoms with Crippen molar-refractivity contribution in [3.63, 3.8) is 0 Å². The van der Waals surface area contributed by atoms with Crippen molar-refractivity contribution < 1.29 is 4.79 Å². The summed E-state index contributed by atoms with van der Waals surface area (Å²) in [4.78, 5) is 22.6. The smallest absolute Gasteiger partial charge is 0.257 e. The minimum absolute atomic E-state index is 0.0498. The minimum Gasteiger partial charge on any atom is -0.370 e. The third kappa shape index (κ3) is 4.74. The largest absolute Gasteiger partial charge is 0.370 e. The number of piperazine rings is 1. The highest BCUT2D eigenvalue weighted by Crippen LogP contribution is 2.39. The predicted octanol–water partition coefficient (Wildman–Crippen LogP) is 4.94. The summed E-state index contributed by atoms with van der Waals surface area (Å²) < 4.78 is 3.46.